The lowest BCUT2D eigenvalue weighted by Crippen LogP contribution is -2.44. The van der Waals surface area contributed by atoms with Crippen LogP contribution in [0.1, 0.15) is 0 Å². The molecule has 0 amide bonds. The Hall–Kier alpha value is -4.09. The average Bonchev–Trinajstić information content (AvgIpc) is 3.53. The number of nitrogens with zero attached hydrogens (tertiary/aromatic N) is 8. The van der Waals surface area contributed by atoms with E-state index in [-0.39, 0.29) is 0 Å². The molecular weight excluding hydrogens is 468 g/mol. The zero-order valence-electron chi connectivity index (χ0n) is 21.3. The van der Waals surface area contributed by atoms with Crippen LogP contribution in [-0.2, 0) is 0 Å². The minimum absolute atomic E-state index is 0.596. The van der Waals surface area contributed by atoms with Crippen LogP contribution in [0.2, 0.25) is 0 Å². The number of hydrogen-bond donors (Lipinski definition) is 2. The summed E-state index contributed by atoms with van der Waals surface area (Å²) in [6, 6.07) is 6.01. The maximum atomic E-state index is 5.87. The number of pyridine rings is 3. The van der Waals surface area contributed by atoms with Crippen LogP contribution in [-0.4, -0.2) is 105 Å². The molecule has 0 spiro atoms. The first-order valence-corrected chi connectivity index (χ1v) is 12.4. The summed E-state index contributed by atoms with van der Waals surface area (Å²) in [7, 11) is 6.19. The summed E-state index contributed by atoms with van der Waals surface area (Å²) in [4.78, 5) is 28.8. The van der Waals surface area contributed by atoms with Crippen molar-refractivity contribution < 1.29 is 4.74 Å². The number of rotatable bonds is 7. The number of ether oxygens (including phenoxy) is 1. The van der Waals surface area contributed by atoms with E-state index in [1.807, 2.05) is 44.8 Å². The second kappa shape index (κ2) is 9.75. The first-order chi connectivity index (χ1) is 18.0. The molecule has 6 rings (SSSR count). The first-order valence-electron chi connectivity index (χ1n) is 12.4. The van der Waals surface area contributed by atoms with Gasteiger partial charge >= 0.3 is 0 Å². The van der Waals surface area contributed by atoms with Crippen LogP contribution in [0.4, 0.5) is 5.82 Å². The van der Waals surface area contributed by atoms with Crippen LogP contribution in [0.5, 0.6) is 5.75 Å². The molecule has 5 aromatic rings. The van der Waals surface area contributed by atoms with Crippen molar-refractivity contribution in [3.05, 3.63) is 43.0 Å². The predicted octanol–water partition coefficient (Wildman–Crippen LogP) is 2.65. The molecule has 37 heavy (non-hydrogen) atoms. The van der Waals surface area contributed by atoms with Gasteiger partial charge in [0.15, 0.2) is 17.3 Å². The van der Waals surface area contributed by atoms with Gasteiger partial charge in [-0.3, -0.25) is 10.1 Å². The fourth-order valence-electron chi connectivity index (χ4n) is 4.53. The minimum atomic E-state index is 0.596. The number of aromatic amines is 2. The Balaban J connectivity index is 1.33. The van der Waals surface area contributed by atoms with Crippen LogP contribution in [0.25, 0.3) is 44.7 Å². The molecule has 0 bridgehead atoms. The Morgan fingerprint density at radius 2 is 1.86 bits per heavy atom. The fourth-order valence-corrected chi connectivity index (χ4v) is 4.53. The number of imidazole rings is 1. The zero-order chi connectivity index (χ0) is 25.4. The lowest BCUT2D eigenvalue weighted by Gasteiger charge is -2.33. The summed E-state index contributed by atoms with van der Waals surface area (Å²) in [6.07, 6.45) is 7.19. The number of H-pyrrole nitrogens is 2. The molecule has 1 saturated heterocycles. The van der Waals surface area contributed by atoms with Gasteiger partial charge in [-0.15, -0.1) is 0 Å². The molecule has 1 aliphatic heterocycles. The van der Waals surface area contributed by atoms with Gasteiger partial charge in [0.25, 0.3) is 0 Å². The highest BCUT2D eigenvalue weighted by atomic mass is 16.5. The van der Waals surface area contributed by atoms with Crippen molar-refractivity contribution in [2.75, 3.05) is 65.4 Å². The van der Waals surface area contributed by atoms with Crippen LogP contribution in [0.15, 0.2) is 43.0 Å². The second-order valence-electron chi connectivity index (χ2n) is 9.66. The summed E-state index contributed by atoms with van der Waals surface area (Å²) in [6.45, 7) is 5.30. The molecule has 0 saturated carbocycles. The Kier molecular flexibility index (Phi) is 6.15. The van der Waals surface area contributed by atoms with Crippen molar-refractivity contribution in [1.29, 1.82) is 0 Å². The molecule has 2 N–H and O–H groups in total. The summed E-state index contributed by atoms with van der Waals surface area (Å²) >= 11 is 0. The van der Waals surface area contributed by atoms with Gasteiger partial charge in [-0.25, -0.2) is 15.0 Å². The van der Waals surface area contributed by atoms with Crippen LogP contribution in [0, 0.1) is 0 Å². The second-order valence-corrected chi connectivity index (χ2v) is 9.66. The minimum Gasteiger partial charge on any atom is -0.491 e. The molecular formula is C26H30N10O. The number of anilines is 1. The molecule has 0 atom stereocenters. The summed E-state index contributed by atoms with van der Waals surface area (Å²) in [5, 5.41) is 8.43. The standard InChI is InChI=1S/C26H30N10O/c1-34(2)10-11-37-19-12-17(14-27-16-19)18-13-20-22(32-33-24(20)29-15-18)25-30-21-4-5-28-26(23(21)31-25)36-8-6-35(3)7-9-36/h4-5,12-16H,6-11H2,1-3H3,(H,30,31)(H,29,32,33). The van der Waals surface area contributed by atoms with E-state index in [0.717, 1.165) is 77.5 Å². The molecule has 11 nitrogen and oxygen atoms in total. The molecule has 0 radical (unpaired) electrons. The van der Waals surface area contributed by atoms with E-state index in [1.165, 1.54) is 0 Å². The van der Waals surface area contributed by atoms with Crippen molar-refractivity contribution in [2.45, 2.75) is 0 Å². The number of nitrogens with one attached hydrogen (secondary N) is 2. The predicted molar refractivity (Wildman–Crippen MR) is 144 cm³/mol. The molecule has 0 unspecified atom stereocenters. The van der Waals surface area contributed by atoms with Gasteiger partial charge in [0, 0.05) is 62.4 Å². The van der Waals surface area contributed by atoms with Crippen molar-refractivity contribution in [3.63, 3.8) is 0 Å². The quantitative estimate of drug-likeness (QED) is 0.349. The number of fused-ring (bicyclic) bond motifs is 2. The first kappa shape index (κ1) is 23.3. The number of aromatic nitrogens is 7. The lowest BCUT2D eigenvalue weighted by molar-refractivity contribution is 0.261. The maximum absolute atomic E-state index is 5.87. The maximum Gasteiger partial charge on any atom is 0.181 e. The van der Waals surface area contributed by atoms with E-state index in [4.69, 9.17) is 9.72 Å². The van der Waals surface area contributed by atoms with Gasteiger partial charge in [-0.05, 0) is 39.3 Å². The van der Waals surface area contributed by atoms with Crippen molar-refractivity contribution >= 4 is 27.9 Å². The normalized spacial score (nSPS) is 14.8. The van der Waals surface area contributed by atoms with E-state index in [1.54, 1.807) is 6.20 Å². The van der Waals surface area contributed by atoms with Crippen LogP contribution >= 0.6 is 0 Å². The third kappa shape index (κ3) is 4.70. The van der Waals surface area contributed by atoms with Gasteiger partial charge in [0.2, 0.25) is 0 Å². The molecule has 1 fully saturated rings. The topological polar surface area (TPSA) is 115 Å². The number of piperazine rings is 1. The van der Waals surface area contributed by atoms with Gasteiger partial charge in [0.1, 0.15) is 23.6 Å². The third-order valence-corrected chi connectivity index (χ3v) is 6.68. The lowest BCUT2D eigenvalue weighted by atomic mass is 10.1. The van der Waals surface area contributed by atoms with Crippen LogP contribution < -0.4 is 9.64 Å². The molecule has 1 aliphatic rings. The Bertz CT molecular complexity index is 1530. The van der Waals surface area contributed by atoms with Crippen molar-refractivity contribution in [3.8, 4) is 28.4 Å². The highest BCUT2D eigenvalue weighted by Gasteiger charge is 2.21. The fraction of sp³-hybridized carbons (Fsp3) is 0.346. The Labute approximate surface area is 214 Å². The van der Waals surface area contributed by atoms with E-state index in [2.05, 4.69) is 57.9 Å². The van der Waals surface area contributed by atoms with Gasteiger partial charge < -0.3 is 24.4 Å². The molecule has 190 valence electrons. The van der Waals surface area contributed by atoms with Gasteiger partial charge in [-0.1, -0.05) is 0 Å². The monoisotopic (exact) mass is 498 g/mol. The Morgan fingerprint density at radius 3 is 2.70 bits per heavy atom. The molecule has 0 aromatic carbocycles. The largest absolute Gasteiger partial charge is 0.491 e. The SMILES string of the molecule is CN(C)CCOc1cncc(-c2cnc3n[nH]c(-c4nc5c(N6CCN(C)CC6)nccc5[nH]4)c3c2)c1. The van der Waals surface area contributed by atoms with Crippen LogP contribution in [0.3, 0.4) is 0 Å². The van der Waals surface area contributed by atoms with E-state index in [0.29, 0.717) is 18.1 Å². The molecule has 11 heteroatoms. The highest BCUT2D eigenvalue weighted by molar-refractivity contribution is 5.95. The highest BCUT2D eigenvalue weighted by Crippen LogP contribution is 2.31. The third-order valence-electron chi connectivity index (χ3n) is 6.68. The van der Waals surface area contributed by atoms with E-state index in [9.17, 15) is 0 Å². The summed E-state index contributed by atoms with van der Waals surface area (Å²) in [5.74, 6) is 2.35. The van der Waals surface area contributed by atoms with Crippen molar-refractivity contribution in [1.82, 2.24) is 44.9 Å². The Morgan fingerprint density at radius 1 is 1.03 bits per heavy atom. The molecule has 0 aliphatic carbocycles. The molecule has 6 heterocycles. The van der Waals surface area contributed by atoms with E-state index < -0.39 is 0 Å². The summed E-state index contributed by atoms with van der Waals surface area (Å²) < 4.78 is 5.87. The van der Waals surface area contributed by atoms with Gasteiger partial charge in [0.05, 0.1) is 17.1 Å². The molecule has 5 aromatic heterocycles. The van der Waals surface area contributed by atoms with Gasteiger partial charge in [-0.2, -0.15) is 5.10 Å². The summed E-state index contributed by atoms with van der Waals surface area (Å²) in [5.41, 5.74) is 5.07. The average molecular weight is 499 g/mol. The van der Waals surface area contributed by atoms with E-state index >= 15 is 0 Å². The number of hydrogen-bond acceptors (Lipinski definition) is 9. The number of likely N-dealkylation sites (N-methyl/N-ethyl adjacent to an activating group) is 2. The van der Waals surface area contributed by atoms with Crippen molar-refractivity contribution in [2.24, 2.45) is 0 Å². The smallest absolute Gasteiger partial charge is 0.181 e. The zero-order valence-corrected chi connectivity index (χ0v) is 21.3.